The Morgan fingerprint density at radius 1 is 1.33 bits per heavy atom. The van der Waals surface area contributed by atoms with E-state index in [1.807, 2.05) is 0 Å². The van der Waals surface area contributed by atoms with Gasteiger partial charge in [-0.2, -0.15) is 0 Å². The van der Waals surface area contributed by atoms with E-state index in [0.29, 0.717) is 0 Å². The lowest BCUT2D eigenvalue weighted by Crippen LogP contribution is -2.19. The van der Waals surface area contributed by atoms with Crippen LogP contribution >= 0.6 is 10.7 Å². The molecule has 1 heterocycles. The minimum atomic E-state index is -3.97. The molecule has 1 aromatic rings. The van der Waals surface area contributed by atoms with Crippen molar-refractivity contribution in [1.29, 1.82) is 0 Å². The average molecular weight is 293 g/mol. The number of carbonyl (C=O) groups excluding carboxylic acids is 1. The molecular formula is C10H9ClO6S. The van der Waals surface area contributed by atoms with E-state index in [4.69, 9.17) is 20.2 Å². The molecule has 0 aromatic heterocycles. The summed E-state index contributed by atoms with van der Waals surface area (Å²) < 4.78 is 37.7. The van der Waals surface area contributed by atoms with Crippen molar-refractivity contribution in [2.45, 2.75) is 4.90 Å². The van der Waals surface area contributed by atoms with Gasteiger partial charge in [-0.05, 0) is 6.07 Å². The number of esters is 1. The van der Waals surface area contributed by atoms with Crippen molar-refractivity contribution in [2.24, 2.45) is 0 Å². The standard InChI is InChI=1S/C10H9ClO6S/c1-15-10(12)7-4-6(18(11,13)14)5-8-9(7)17-3-2-16-8/h4-5H,2-3H2,1H3. The van der Waals surface area contributed by atoms with E-state index in [1.165, 1.54) is 13.2 Å². The predicted molar refractivity (Wildman–Crippen MR) is 61.8 cm³/mol. The summed E-state index contributed by atoms with van der Waals surface area (Å²) >= 11 is 0. The van der Waals surface area contributed by atoms with E-state index >= 15 is 0 Å². The first-order valence-corrected chi connectivity index (χ1v) is 7.21. The molecule has 0 unspecified atom stereocenters. The van der Waals surface area contributed by atoms with Gasteiger partial charge in [0.1, 0.15) is 18.8 Å². The third kappa shape index (κ3) is 2.37. The second-order valence-electron chi connectivity index (χ2n) is 3.42. The van der Waals surface area contributed by atoms with Gasteiger partial charge in [-0.1, -0.05) is 0 Å². The fourth-order valence-electron chi connectivity index (χ4n) is 1.53. The van der Waals surface area contributed by atoms with Crippen LogP contribution in [0.2, 0.25) is 0 Å². The van der Waals surface area contributed by atoms with Crippen LogP contribution in [0.15, 0.2) is 17.0 Å². The Morgan fingerprint density at radius 3 is 2.61 bits per heavy atom. The first-order valence-electron chi connectivity index (χ1n) is 4.90. The molecule has 0 N–H and O–H groups in total. The molecule has 0 spiro atoms. The molecule has 1 aliphatic rings. The number of hydrogen-bond donors (Lipinski definition) is 0. The Labute approximate surface area is 108 Å². The van der Waals surface area contributed by atoms with E-state index in [9.17, 15) is 13.2 Å². The van der Waals surface area contributed by atoms with Gasteiger partial charge in [0.15, 0.2) is 11.5 Å². The lowest BCUT2D eigenvalue weighted by atomic mass is 10.2. The number of fused-ring (bicyclic) bond motifs is 1. The zero-order valence-electron chi connectivity index (χ0n) is 9.30. The SMILES string of the molecule is COC(=O)c1cc(S(=O)(=O)Cl)cc2c1OCCO2. The van der Waals surface area contributed by atoms with E-state index in [0.717, 1.165) is 6.07 Å². The highest BCUT2D eigenvalue weighted by molar-refractivity contribution is 8.13. The highest BCUT2D eigenvalue weighted by Gasteiger charge is 2.25. The molecule has 1 aliphatic heterocycles. The van der Waals surface area contributed by atoms with E-state index < -0.39 is 15.0 Å². The van der Waals surface area contributed by atoms with Crippen LogP contribution in [0.4, 0.5) is 0 Å². The van der Waals surface area contributed by atoms with E-state index in [2.05, 4.69) is 4.74 Å². The van der Waals surface area contributed by atoms with Crippen molar-refractivity contribution in [3.8, 4) is 11.5 Å². The summed E-state index contributed by atoms with van der Waals surface area (Å²) in [6.45, 7) is 0.531. The maximum atomic E-state index is 11.6. The summed E-state index contributed by atoms with van der Waals surface area (Å²) in [5, 5.41) is 0. The van der Waals surface area contributed by atoms with Crippen molar-refractivity contribution in [1.82, 2.24) is 0 Å². The molecule has 98 valence electrons. The molecule has 6 nitrogen and oxygen atoms in total. The van der Waals surface area contributed by atoms with Crippen LogP contribution in [-0.2, 0) is 13.8 Å². The first kappa shape index (κ1) is 13.0. The fourth-order valence-corrected chi connectivity index (χ4v) is 2.30. The van der Waals surface area contributed by atoms with Crippen LogP contribution in [0.25, 0.3) is 0 Å². The van der Waals surface area contributed by atoms with Gasteiger partial charge in [0.25, 0.3) is 9.05 Å². The Balaban J connectivity index is 2.66. The van der Waals surface area contributed by atoms with Crippen molar-refractivity contribution in [3.63, 3.8) is 0 Å². The number of methoxy groups -OCH3 is 1. The molecule has 0 saturated carbocycles. The number of rotatable bonds is 2. The number of carbonyl (C=O) groups is 1. The topological polar surface area (TPSA) is 78.9 Å². The molecule has 8 heteroatoms. The molecule has 18 heavy (non-hydrogen) atoms. The zero-order valence-corrected chi connectivity index (χ0v) is 10.9. The molecule has 0 atom stereocenters. The van der Waals surface area contributed by atoms with Gasteiger partial charge in [-0.15, -0.1) is 0 Å². The summed E-state index contributed by atoms with van der Waals surface area (Å²) in [7, 11) is 2.45. The van der Waals surface area contributed by atoms with Crippen LogP contribution in [-0.4, -0.2) is 34.7 Å². The summed E-state index contributed by atoms with van der Waals surface area (Å²) in [5.41, 5.74) is -0.0334. The summed E-state index contributed by atoms with van der Waals surface area (Å²) in [5.74, 6) is -0.403. The number of halogens is 1. The molecule has 0 fully saturated rings. The third-order valence-electron chi connectivity index (χ3n) is 2.30. The monoisotopic (exact) mass is 292 g/mol. The predicted octanol–water partition coefficient (Wildman–Crippen LogP) is 1.17. The van der Waals surface area contributed by atoms with E-state index in [-0.39, 0.29) is 35.2 Å². The molecule has 0 bridgehead atoms. The molecule has 0 aliphatic carbocycles. The highest BCUT2D eigenvalue weighted by Crippen LogP contribution is 2.37. The lowest BCUT2D eigenvalue weighted by Gasteiger charge is -2.20. The Hall–Kier alpha value is -1.47. The zero-order chi connectivity index (χ0) is 13.3. The molecule has 0 saturated heterocycles. The lowest BCUT2D eigenvalue weighted by molar-refractivity contribution is 0.0590. The van der Waals surface area contributed by atoms with Gasteiger partial charge >= 0.3 is 5.97 Å². The summed E-state index contributed by atoms with van der Waals surface area (Å²) in [6, 6.07) is 2.31. The van der Waals surface area contributed by atoms with Crippen molar-refractivity contribution < 1.29 is 27.4 Å². The van der Waals surface area contributed by atoms with Crippen LogP contribution in [0.1, 0.15) is 10.4 Å². The van der Waals surface area contributed by atoms with Gasteiger partial charge in [0, 0.05) is 16.7 Å². The van der Waals surface area contributed by atoms with Gasteiger partial charge < -0.3 is 14.2 Å². The fraction of sp³-hybridized carbons (Fsp3) is 0.300. The Kier molecular flexibility index (Phi) is 3.36. The molecule has 0 amide bonds. The maximum absolute atomic E-state index is 11.6. The minimum absolute atomic E-state index is 0.0334. The van der Waals surface area contributed by atoms with Gasteiger partial charge in [0.2, 0.25) is 0 Å². The number of benzene rings is 1. The quantitative estimate of drug-likeness (QED) is 0.601. The second-order valence-corrected chi connectivity index (χ2v) is 5.99. The molecule has 0 radical (unpaired) electrons. The van der Waals surface area contributed by atoms with Crippen LogP contribution in [0.5, 0.6) is 11.5 Å². The maximum Gasteiger partial charge on any atom is 0.341 e. The Morgan fingerprint density at radius 2 is 2.00 bits per heavy atom. The van der Waals surface area contributed by atoms with E-state index in [1.54, 1.807) is 0 Å². The number of ether oxygens (including phenoxy) is 3. The summed E-state index contributed by atoms with van der Waals surface area (Å²) in [6.07, 6.45) is 0. The van der Waals surface area contributed by atoms with Gasteiger partial charge in [0.05, 0.1) is 12.0 Å². The molecule has 2 rings (SSSR count). The molecule has 1 aromatic carbocycles. The van der Waals surface area contributed by atoms with Crippen molar-refractivity contribution in [3.05, 3.63) is 17.7 Å². The largest absolute Gasteiger partial charge is 0.486 e. The van der Waals surface area contributed by atoms with Crippen LogP contribution in [0, 0.1) is 0 Å². The van der Waals surface area contributed by atoms with Gasteiger partial charge in [-0.25, -0.2) is 13.2 Å². The minimum Gasteiger partial charge on any atom is -0.486 e. The Bertz CT molecular complexity index is 595. The first-order chi connectivity index (χ1) is 8.43. The normalized spacial score (nSPS) is 14.1. The van der Waals surface area contributed by atoms with Crippen molar-refractivity contribution >= 4 is 25.7 Å². The van der Waals surface area contributed by atoms with Crippen molar-refractivity contribution in [2.75, 3.05) is 20.3 Å². The second kappa shape index (κ2) is 4.66. The van der Waals surface area contributed by atoms with Crippen LogP contribution in [0.3, 0.4) is 0 Å². The third-order valence-corrected chi connectivity index (χ3v) is 3.64. The van der Waals surface area contributed by atoms with Gasteiger partial charge in [-0.3, -0.25) is 0 Å². The number of hydrogen-bond acceptors (Lipinski definition) is 6. The molecular weight excluding hydrogens is 284 g/mol. The smallest absolute Gasteiger partial charge is 0.341 e. The highest BCUT2D eigenvalue weighted by atomic mass is 35.7. The van der Waals surface area contributed by atoms with Crippen LogP contribution < -0.4 is 9.47 Å². The average Bonchev–Trinajstić information content (AvgIpc) is 2.35. The summed E-state index contributed by atoms with van der Waals surface area (Å²) in [4.78, 5) is 11.3.